The van der Waals surface area contributed by atoms with Gasteiger partial charge in [-0.2, -0.15) is 0 Å². The maximum Gasteiger partial charge on any atom is 0.175 e. The molecule has 0 atom stereocenters. The summed E-state index contributed by atoms with van der Waals surface area (Å²) in [5.74, 6) is 1.29. The van der Waals surface area contributed by atoms with Crippen molar-refractivity contribution < 1.29 is 4.74 Å². The van der Waals surface area contributed by atoms with Crippen molar-refractivity contribution in [2.24, 2.45) is 0 Å². The summed E-state index contributed by atoms with van der Waals surface area (Å²) in [6.07, 6.45) is 0. The van der Waals surface area contributed by atoms with Crippen LogP contribution in [0.15, 0.2) is 42.5 Å². The largest absolute Gasteiger partial charge is 0.495 e. The Labute approximate surface area is 156 Å². The number of rotatable bonds is 4. The van der Waals surface area contributed by atoms with Crippen molar-refractivity contribution in [1.82, 2.24) is 0 Å². The van der Waals surface area contributed by atoms with Crippen LogP contribution in [-0.4, -0.2) is 12.2 Å². The molecule has 0 saturated heterocycles. The number of nitrogens with one attached hydrogen (secondary N) is 2. The molecular formula is C21H28N2OS. The van der Waals surface area contributed by atoms with E-state index in [0.29, 0.717) is 11.0 Å². The Balaban J connectivity index is 2.14. The average molecular weight is 357 g/mol. The second-order valence-electron chi connectivity index (χ2n) is 7.52. The highest BCUT2D eigenvalue weighted by Crippen LogP contribution is 2.31. The summed E-state index contributed by atoms with van der Waals surface area (Å²) in [7, 11) is 1.67. The maximum atomic E-state index is 5.47. The van der Waals surface area contributed by atoms with Crippen LogP contribution in [0.2, 0.25) is 0 Å². The summed E-state index contributed by atoms with van der Waals surface area (Å²) in [4.78, 5) is 0. The Hall–Kier alpha value is -2.07. The van der Waals surface area contributed by atoms with Crippen molar-refractivity contribution in [3.05, 3.63) is 53.6 Å². The molecule has 2 rings (SSSR count). The highest BCUT2D eigenvalue weighted by molar-refractivity contribution is 7.80. The quantitative estimate of drug-likeness (QED) is 0.666. The fourth-order valence-electron chi connectivity index (χ4n) is 2.51. The summed E-state index contributed by atoms with van der Waals surface area (Å²) in [6, 6.07) is 14.5. The number of anilines is 2. The Morgan fingerprint density at radius 1 is 1.00 bits per heavy atom. The number of thiocarbonyl (C=S) groups is 1. The van der Waals surface area contributed by atoms with E-state index in [9.17, 15) is 0 Å². The summed E-state index contributed by atoms with van der Waals surface area (Å²) < 4.78 is 5.46. The number of hydrogen-bond acceptors (Lipinski definition) is 2. The van der Waals surface area contributed by atoms with Gasteiger partial charge < -0.3 is 15.4 Å². The molecule has 25 heavy (non-hydrogen) atoms. The molecule has 0 radical (unpaired) electrons. The van der Waals surface area contributed by atoms with Crippen molar-refractivity contribution in [3.63, 3.8) is 0 Å². The first-order chi connectivity index (χ1) is 11.7. The lowest BCUT2D eigenvalue weighted by molar-refractivity contribution is 0.416. The van der Waals surface area contributed by atoms with Gasteiger partial charge in [-0.15, -0.1) is 0 Å². The van der Waals surface area contributed by atoms with Crippen molar-refractivity contribution in [2.75, 3.05) is 17.7 Å². The van der Waals surface area contributed by atoms with Crippen LogP contribution >= 0.6 is 12.2 Å². The van der Waals surface area contributed by atoms with Crippen LogP contribution in [0.25, 0.3) is 0 Å². The SMILES string of the molecule is COc1ccc(C(C)(C)C)cc1NC(=S)Nc1ccc(C(C)C)cc1. The molecule has 2 aromatic carbocycles. The van der Waals surface area contributed by atoms with Gasteiger partial charge in [0.25, 0.3) is 0 Å². The van der Waals surface area contributed by atoms with E-state index in [2.05, 4.69) is 69.5 Å². The molecule has 0 heterocycles. The van der Waals surface area contributed by atoms with Crippen LogP contribution in [0.3, 0.4) is 0 Å². The minimum atomic E-state index is 0.0599. The van der Waals surface area contributed by atoms with Crippen molar-refractivity contribution in [1.29, 1.82) is 0 Å². The lowest BCUT2D eigenvalue weighted by Crippen LogP contribution is -2.20. The number of hydrogen-bond donors (Lipinski definition) is 2. The van der Waals surface area contributed by atoms with Crippen LogP contribution in [0.4, 0.5) is 11.4 Å². The van der Waals surface area contributed by atoms with Crippen LogP contribution in [0, 0.1) is 0 Å². The summed E-state index contributed by atoms with van der Waals surface area (Å²) in [5, 5.41) is 7.03. The molecule has 0 aliphatic heterocycles. The van der Waals surface area contributed by atoms with Gasteiger partial charge in [0.05, 0.1) is 12.8 Å². The summed E-state index contributed by atoms with van der Waals surface area (Å²) >= 11 is 5.47. The lowest BCUT2D eigenvalue weighted by atomic mass is 9.87. The summed E-state index contributed by atoms with van der Waals surface area (Å²) in [5.41, 5.74) is 4.42. The van der Waals surface area contributed by atoms with Gasteiger partial charge in [0.15, 0.2) is 5.11 Å². The van der Waals surface area contributed by atoms with E-state index in [1.165, 1.54) is 11.1 Å². The van der Waals surface area contributed by atoms with E-state index in [-0.39, 0.29) is 5.41 Å². The first kappa shape index (κ1) is 19.3. The van der Waals surface area contributed by atoms with Crippen molar-refractivity contribution >= 4 is 28.7 Å². The van der Waals surface area contributed by atoms with Crippen LogP contribution in [0.1, 0.15) is 51.7 Å². The first-order valence-corrected chi connectivity index (χ1v) is 8.98. The molecule has 2 N–H and O–H groups in total. The van der Waals surface area contributed by atoms with Crippen LogP contribution in [0.5, 0.6) is 5.75 Å². The first-order valence-electron chi connectivity index (χ1n) is 8.57. The van der Waals surface area contributed by atoms with Gasteiger partial charge in [0.2, 0.25) is 0 Å². The fourth-order valence-corrected chi connectivity index (χ4v) is 2.74. The number of ether oxygens (including phenoxy) is 1. The van der Waals surface area contributed by atoms with Crippen molar-refractivity contribution in [2.45, 2.75) is 46.0 Å². The molecule has 0 aliphatic carbocycles. The van der Waals surface area contributed by atoms with Crippen LogP contribution < -0.4 is 15.4 Å². The topological polar surface area (TPSA) is 33.3 Å². The summed E-state index contributed by atoms with van der Waals surface area (Å²) in [6.45, 7) is 10.9. The Bertz CT molecular complexity index is 731. The standard InChI is InChI=1S/C21H28N2OS/c1-14(2)15-7-10-17(11-8-15)22-20(25)23-18-13-16(21(3,4)5)9-12-19(18)24-6/h7-14H,1-6H3,(H2,22,23,25). The molecular weight excluding hydrogens is 328 g/mol. The van der Waals surface area contributed by atoms with E-state index in [1.807, 2.05) is 18.2 Å². The molecule has 134 valence electrons. The number of benzene rings is 2. The van der Waals surface area contributed by atoms with E-state index in [4.69, 9.17) is 17.0 Å². The lowest BCUT2D eigenvalue weighted by Gasteiger charge is -2.22. The molecule has 0 fully saturated rings. The molecule has 0 saturated carbocycles. The third-order valence-electron chi connectivity index (χ3n) is 4.15. The molecule has 4 heteroatoms. The molecule has 0 aliphatic rings. The molecule has 0 bridgehead atoms. The van der Waals surface area contributed by atoms with Gasteiger partial charge in [-0.1, -0.05) is 52.8 Å². The minimum absolute atomic E-state index is 0.0599. The Kier molecular flexibility index (Phi) is 6.07. The van der Waals surface area contributed by atoms with Gasteiger partial charge in [-0.3, -0.25) is 0 Å². The minimum Gasteiger partial charge on any atom is -0.495 e. The molecule has 3 nitrogen and oxygen atoms in total. The second kappa shape index (κ2) is 7.87. The molecule has 2 aromatic rings. The predicted molar refractivity (Wildman–Crippen MR) is 112 cm³/mol. The van der Waals surface area contributed by atoms with Gasteiger partial charge in [-0.25, -0.2) is 0 Å². The fraction of sp³-hybridized carbons (Fsp3) is 0.381. The number of methoxy groups -OCH3 is 1. The highest BCUT2D eigenvalue weighted by atomic mass is 32.1. The zero-order valence-electron chi connectivity index (χ0n) is 15.9. The van der Waals surface area contributed by atoms with E-state index in [0.717, 1.165) is 17.1 Å². The van der Waals surface area contributed by atoms with Gasteiger partial charge >= 0.3 is 0 Å². The van der Waals surface area contributed by atoms with E-state index in [1.54, 1.807) is 7.11 Å². The maximum absolute atomic E-state index is 5.47. The van der Waals surface area contributed by atoms with Crippen LogP contribution in [-0.2, 0) is 5.41 Å². The third-order valence-corrected chi connectivity index (χ3v) is 4.35. The monoisotopic (exact) mass is 356 g/mol. The molecule has 0 spiro atoms. The van der Waals surface area contributed by atoms with Gasteiger partial charge in [-0.05, 0) is 58.9 Å². The van der Waals surface area contributed by atoms with Crippen molar-refractivity contribution in [3.8, 4) is 5.75 Å². The normalized spacial score (nSPS) is 11.3. The third kappa shape index (κ3) is 5.20. The average Bonchev–Trinajstić information content (AvgIpc) is 2.54. The molecule has 0 unspecified atom stereocenters. The van der Waals surface area contributed by atoms with Gasteiger partial charge in [0.1, 0.15) is 5.75 Å². The smallest absolute Gasteiger partial charge is 0.175 e. The molecule has 0 amide bonds. The molecule has 0 aromatic heterocycles. The van der Waals surface area contributed by atoms with Gasteiger partial charge in [0, 0.05) is 5.69 Å². The highest BCUT2D eigenvalue weighted by Gasteiger charge is 2.16. The predicted octanol–water partition coefficient (Wildman–Crippen LogP) is 5.93. The second-order valence-corrected chi connectivity index (χ2v) is 7.93. The Morgan fingerprint density at radius 3 is 2.16 bits per heavy atom. The van der Waals surface area contributed by atoms with E-state index >= 15 is 0 Å². The zero-order chi connectivity index (χ0) is 18.6. The zero-order valence-corrected chi connectivity index (χ0v) is 16.8. The Morgan fingerprint density at radius 2 is 1.64 bits per heavy atom. The van der Waals surface area contributed by atoms with E-state index < -0.39 is 0 Å².